The van der Waals surface area contributed by atoms with Crippen molar-refractivity contribution < 1.29 is 0 Å². The molecule has 0 spiro atoms. The molecule has 1 atom stereocenters. The Morgan fingerprint density at radius 2 is 2.15 bits per heavy atom. The van der Waals surface area contributed by atoms with E-state index in [1.54, 1.807) is 12.4 Å². The average Bonchev–Trinajstić information content (AvgIpc) is 2.46. The highest BCUT2D eigenvalue weighted by Crippen LogP contribution is 2.22. The molecule has 2 heterocycles. The molecule has 0 saturated heterocycles. The van der Waals surface area contributed by atoms with Crippen LogP contribution in [0.1, 0.15) is 30.6 Å². The molecule has 0 aliphatic carbocycles. The van der Waals surface area contributed by atoms with Crippen LogP contribution < -0.4 is 5.32 Å². The van der Waals surface area contributed by atoms with Crippen molar-refractivity contribution in [2.45, 2.75) is 25.8 Å². The lowest BCUT2D eigenvalue weighted by Gasteiger charge is -2.18. The number of nitrogens with one attached hydrogen (secondary N) is 1. The third-order valence-corrected chi connectivity index (χ3v) is 3.84. The zero-order chi connectivity index (χ0) is 14.4. The topological polar surface area (TPSA) is 37.8 Å². The minimum absolute atomic E-state index is 0.156. The van der Waals surface area contributed by atoms with E-state index in [-0.39, 0.29) is 6.04 Å². The minimum atomic E-state index is 0.156. The van der Waals surface area contributed by atoms with Gasteiger partial charge >= 0.3 is 0 Å². The smallest absolute Gasteiger partial charge is 0.0622 e. The van der Waals surface area contributed by atoms with Gasteiger partial charge in [0.05, 0.1) is 16.8 Å². The van der Waals surface area contributed by atoms with Gasteiger partial charge in [0.15, 0.2) is 0 Å². The van der Waals surface area contributed by atoms with Crippen LogP contribution in [0.3, 0.4) is 0 Å². The number of rotatable bonds is 6. The fourth-order valence-electron chi connectivity index (χ4n) is 1.98. The summed E-state index contributed by atoms with van der Waals surface area (Å²) in [6.07, 6.45) is 7.16. The first-order chi connectivity index (χ1) is 9.70. The molecule has 1 unspecified atom stereocenters. The third-order valence-electron chi connectivity index (χ3n) is 3.03. The lowest BCUT2D eigenvalue weighted by Crippen LogP contribution is -2.25. The van der Waals surface area contributed by atoms with E-state index < -0.39 is 0 Å². The summed E-state index contributed by atoms with van der Waals surface area (Å²) >= 11 is 9.61. The van der Waals surface area contributed by atoms with Gasteiger partial charge in [-0.1, -0.05) is 18.5 Å². The first-order valence-electron chi connectivity index (χ1n) is 6.64. The summed E-state index contributed by atoms with van der Waals surface area (Å²) in [6.45, 7) is 3.10. The van der Waals surface area contributed by atoms with Crippen molar-refractivity contribution in [1.29, 1.82) is 0 Å². The molecule has 2 aromatic heterocycles. The van der Waals surface area contributed by atoms with Gasteiger partial charge in [0.25, 0.3) is 0 Å². The highest BCUT2D eigenvalue weighted by molar-refractivity contribution is 9.10. The molecular formula is C15H17BrClN3. The van der Waals surface area contributed by atoms with Gasteiger partial charge in [0, 0.05) is 23.1 Å². The number of aromatic nitrogens is 2. The van der Waals surface area contributed by atoms with Crippen LogP contribution in [0.15, 0.2) is 41.3 Å². The van der Waals surface area contributed by atoms with Crippen LogP contribution in [0, 0.1) is 0 Å². The van der Waals surface area contributed by atoms with Crippen molar-refractivity contribution in [2.75, 3.05) is 6.54 Å². The molecule has 0 bridgehead atoms. The molecule has 0 aliphatic heterocycles. The van der Waals surface area contributed by atoms with E-state index in [0.717, 1.165) is 35.1 Å². The van der Waals surface area contributed by atoms with E-state index in [1.165, 1.54) is 0 Å². The lowest BCUT2D eigenvalue weighted by molar-refractivity contribution is 0.517. The maximum absolute atomic E-state index is 6.20. The van der Waals surface area contributed by atoms with Crippen LogP contribution >= 0.6 is 27.5 Å². The molecule has 106 valence electrons. The van der Waals surface area contributed by atoms with Gasteiger partial charge in [-0.05, 0) is 59.1 Å². The second kappa shape index (κ2) is 7.72. The summed E-state index contributed by atoms with van der Waals surface area (Å²) in [5.41, 5.74) is 2.11. The summed E-state index contributed by atoms with van der Waals surface area (Å²) in [5, 5.41) is 4.23. The van der Waals surface area contributed by atoms with Gasteiger partial charge in [-0.3, -0.25) is 9.97 Å². The van der Waals surface area contributed by atoms with Crippen LogP contribution in [0.4, 0.5) is 0 Å². The Morgan fingerprint density at radius 3 is 2.80 bits per heavy atom. The number of pyridine rings is 2. The Kier molecular flexibility index (Phi) is 5.95. The predicted molar refractivity (Wildman–Crippen MR) is 85.9 cm³/mol. The Morgan fingerprint density at radius 1 is 1.30 bits per heavy atom. The van der Waals surface area contributed by atoms with Gasteiger partial charge in [0.2, 0.25) is 0 Å². The van der Waals surface area contributed by atoms with Crippen molar-refractivity contribution in [3.8, 4) is 0 Å². The summed E-state index contributed by atoms with van der Waals surface area (Å²) in [5.74, 6) is 0. The van der Waals surface area contributed by atoms with Gasteiger partial charge in [-0.15, -0.1) is 0 Å². The van der Waals surface area contributed by atoms with Gasteiger partial charge in [-0.2, -0.15) is 0 Å². The van der Waals surface area contributed by atoms with E-state index in [4.69, 9.17) is 11.6 Å². The van der Waals surface area contributed by atoms with Crippen LogP contribution in [-0.4, -0.2) is 16.5 Å². The molecule has 1 N–H and O–H groups in total. The van der Waals surface area contributed by atoms with Crippen molar-refractivity contribution in [3.63, 3.8) is 0 Å². The van der Waals surface area contributed by atoms with Crippen molar-refractivity contribution in [3.05, 3.63) is 57.5 Å². The van der Waals surface area contributed by atoms with Crippen LogP contribution in [-0.2, 0) is 6.42 Å². The van der Waals surface area contributed by atoms with E-state index in [1.807, 2.05) is 24.4 Å². The normalized spacial score (nSPS) is 12.3. The van der Waals surface area contributed by atoms with Crippen LogP contribution in [0.5, 0.6) is 0 Å². The van der Waals surface area contributed by atoms with Crippen LogP contribution in [0.25, 0.3) is 0 Å². The predicted octanol–water partition coefficient (Wildman–Crippen LogP) is 4.18. The number of halogens is 2. The fraction of sp³-hybridized carbons (Fsp3) is 0.333. The maximum Gasteiger partial charge on any atom is 0.0622 e. The minimum Gasteiger partial charge on any atom is -0.308 e. The van der Waals surface area contributed by atoms with Crippen molar-refractivity contribution >= 4 is 27.5 Å². The summed E-state index contributed by atoms with van der Waals surface area (Å²) in [4.78, 5) is 8.51. The SMILES string of the molecule is CCCNC(Cc1ccncc1Cl)c1ccc(Br)cn1. The molecule has 20 heavy (non-hydrogen) atoms. The molecule has 0 aliphatic rings. The quantitative estimate of drug-likeness (QED) is 0.846. The van der Waals surface area contributed by atoms with Gasteiger partial charge in [-0.25, -0.2) is 0 Å². The highest BCUT2D eigenvalue weighted by Gasteiger charge is 2.14. The van der Waals surface area contributed by atoms with Crippen LogP contribution in [0.2, 0.25) is 5.02 Å². The molecule has 0 fully saturated rings. The first-order valence-corrected chi connectivity index (χ1v) is 7.81. The summed E-state index contributed by atoms with van der Waals surface area (Å²) < 4.78 is 0.984. The maximum atomic E-state index is 6.20. The second-order valence-electron chi connectivity index (χ2n) is 4.58. The van der Waals surface area contributed by atoms with Gasteiger partial charge in [0.1, 0.15) is 0 Å². The second-order valence-corrected chi connectivity index (χ2v) is 5.90. The molecule has 0 amide bonds. The van der Waals surface area contributed by atoms with Gasteiger partial charge < -0.3 is 5.32 Å². The van der Waals surface area contributed by atoms with Crippen molar-refractivity contribution in [1.82, 2.24) is 15.3 Å². The highest BCUT2D eigenvalue weighted by atomic mass is 79.9. The monoisotopic (exact) mass is 353 g/mol. The number of nitrogens with zero attached hydrogens (tertiary/aromatic N) is 2. The summed E-state index contributed by atoms with van der Waals surface area (Å²) in [7, 11) is 0. The molecule has 0 radical (unpaired) electrons. The molecule has 2 aromatic rings. The molecular weight excluding hydrogens is 338 g/mol. The number of hydrogen-bond acceptors (Lipinski definition) is 3. The Bertz CT molecular complexity index is 545. The number of hydrogen-bond donors (Lipinski definition) is 1. The average molecular weight is 355 g/mol. The van der Waals surface area contributed by atoms with E-state index in [0.29, 0.717) is 5.02 Å². The summed E-state index contributed by atoms with van der Waals surface area (Å²) in [6, 6.07) is 6.16. The Labute approximate surface area is 132 Å². The Balaban J connectivity index is 2.19. The standard InChI is InChI=1S/C15H17BrClN3/c1-2-6-19-15(14-4-3-12(16)9-20-14)8-11-5-7-18-10-13(11)17/h3-5,7,9-10,15,19H,2,6,8H2,1H3. The third kappa shape index (κ3) is 4.27. The fourth-order valence-corrected chi connectivity index (χ4v) is 2.41. The molecule has 0 aromatic carbocycles. The zero-order valence-electron chi connectivity index (χ0n) is 11.3. The largest absolute Gasteiger partial charge is 0.308 e. The zero-order valence-corrected chi connectivity index (χ0v) is 13.7. The van der Waals surface area contributed by atoms with E-state index >= 15 is 0 Å². The molecule has 5 heteroatoms. The lowest BCUT2D eigenvalue weighted by atomic mass is 10.0. The van der Waals surface area contributed by atoms with Crippen molar-refractivity contribution in [2.24, 2.45) is 0 Å². The molecule has 3 nitrogen and oxygen atoms in total. The van der Waals surface area contributed by atoms with E-state index in [9.17, 15) is 0 Å². The van der Waals surface area contributed by atoms with E-state index in [2.05, 4.69) is 38.1 Å². The Hall–Kier alpha value is -0.970. The first kappa shape index (κ1) is 15.4. The molecule has 0 saturated carbocycles. The molecule has 2 rings (SSSR count).